The second-order valence-electron chi connectivity index (χ2n) is 3.89. The van der Waals surface area contributed by atoms with Crippen molar-refractivity contribution in [2.45, 2.75) is 6.92 Å². The van der Waals surface area contributed by atoms with Gasteiger partial charge in [-0.2, -0.15) is 5.10 Å². The molecule has 1 aromatic carbocycles. The molecule has 2 nitrogen and oxygen atoms in total. The minimum Gasteiger partial charge on any atom is -0.241 e. The third-order valence-corrected chi connectivity index (χ3v) is 2.78. The van der Waals surface area contributed by atoms with E-state index in [1.54, 1.807) is 0 Å². The summed E-state index contributed by atoms with van der Waals surface area (Å²) in [6, 6.07) is 16.6. The lowest BCUT2D eigenvalue weighted by Gasteiger charge is -2.06. The molecule has 2 aromatic heterocycles. The molecule has 3 aromatic rings. The Hall–Kier alpha value is -2.09. The molecule has 0 radical (unpaired) electrons. The van der Waals surface area contributed by atoms with Gasteiger partial charge in [-0.15, -0.1) is 0 Å². The summed E-state index contributed by atoms with van der Waals surface area (Å²) >= 11 is 0. The summed E-state index contributed by atoms with van der Waals surface area (Å²) in [5, 5.41) is 4.53. The van der Waals surface area contributed by atoms with Crippen molar-refractivity contribution in [1.29, 1.82) is 0 Å². The highest BCUT2D eigenvalue weighted by Crippen LogP contribution is 2.23. The average molecular weight is 208 g/mol. The molecule has 3 rings (SSSR count). The lowest BCUT2D eigenvalue weighted by Crippen LogP contribution is -1.95. The van der Waals surface area contributed by atoms with Gasteiger partial charge in [0.05, 0.1) is 11.2 Å². The minimum atomic E-state index is 1.05. The fraction of sp³-hybridized carbons (Fsp3) is 0.0714. The van der Waals surface area contributed by atoms with Gasteiger partial charge < -0.3 is 0 Å². The molecule has 0 spiro atoms. The summed E-state index contributed by atoms with van der Waals surface area (Å²) in [5.74, 6) is 0. The van der Waals surface area contributed by atoms with Gasteiger partial charge in [0.25, 0.3) is 0 Å². The van der Waals surface area contributed by atoms with Crippen molar-refractivity contribution in [2.24, 2.45) is 0 Å². The lowest BCUT2D eigenvalue weighted by molar-refractivity contribution is 0.908. The largest absolute Gasteiger partial charge is 0.241 e. The van der Waals surface area contributed by atoms with Crippen LogP contribution >= 0.6 is 0 Å². The molecule has 2 heteroatoms. The normalized spacial score (nSPS) is 10.8. The Labute approximate surface area is 94.2 Å². The number of fused-ring (bicyclic) bond motifs is 1. The quantitative estimate of drug-likeness (QED) is 0.599. The smallest absolute Gasteiger partial charge is 0.0661 e. The Morgan fingerprint density at radius 1 is 1.00 bits per heavy atom. The number of rotatable bonds is 1. The molecule has 0 saturated carbocycles. The Kier molecular flexibility index (Phi) is 2.00. The van der Waals surface area contributed by atoms with Crippen LogP contribution in [0.2, 0.25) is 0 Å². The van der Waals surface area contributed by atoms with Crippen molar-refractivity contribution in [3.63, 3.8) is 0 Å². The van der Waals surface area contributed by atoms with Crippen molar-refractivity contribution < 1.29 is 0 Å². The van der Waals surface area contributed by atoms with Crippen LogP contribution in [-0.2, 0) is 0 Å². The molecular weight excluding hydrogens is 196 g/mol. The first kappa shape index (κ1) is 9.16. The Bertz CT molecular complexity index is 624. The van der Waals surface area contributed by atoms with Gasteiger partial charge in [-0.25, -0.2) is 4.52 Å². The Balaban J connectivity index is 2.27. The number of aromatic nitrogens is 2. The van der Waals surface area contributed by atoms with Crippen LogP contribution in [0.25, 0.3) is 16.6 Å². The lowest BCUT2D eigenvalue weighted by atomic mass is 10.1. The maximum Gasteiger partial charge on any atom is 0.0661 e. The summed E-state index contributed by atoms with van der Waals surface area (Å²) in [6.45, 7) is 2.04. The molecule has 0 bridgehead atoms. The van der Waals surface area contributed by atoms with Crippen molar-refractivity contribution in [1.82, 2.24) is 9.61 Å². The first-order valence-corrected chi connectivity index (χ1v) is 5.35. The zero-order chi connectivity index (χ0) is 11.0. The fourth-order valence-electron chi connectivity index (χ4n) is 1.97. The number of hydrogen-bond donors (Lipinski definition) is 0. The monoisotopic (exact) mass is 208 g/mol. The molecule has 0 unspecified atom stereocenters. The zero-order valence-electron chi connectivity index (χ0n) is 9.09. The van der Waals surface area contributed by atoms with E-state index in [4.69, 9.17) is 0 Å². The van der Waals surface area contributed by atoms with Gasteiger partial charge in [0.1, 0.15) is 0 Å². The highest BCUT2D eigenvalue weighted by atomic mass is 15.2. The van der Waals surface area contributed by atoms with E-state index in [2.05, 4.69) is 41.5 Å². The zero-order valence-corrected chi connectivity index (χ0v) is 9.09. The fourth-order valence-corrected chi connectivity index (χ4v) is 1.97. The van der Waals surface area contributed by atoms with E-state index in [1.165, 1.54) is 11.1 Å². The van der Waals surface area contributed by atoms with Crippen LogP contribution in [0.4, 0.5) is 0 Å². The second kappa shape index (κ2) is 3.49. The van der Waals surface area contributed by atoms with Gasteiger partial charge in [-0.1, -0.05) is 30.3 Å². The van der Waals surface area contributed by atoms with E-state index in [1.807, 2.05) is 29.8 Å². The molecule has 2 heterocycles. The first-order valence-electron chi connectivity index (χ1n) is 5.35. The van der Waals surface area contributed by atoms with Crippen LogP contribution in [0.5, 0.6) is 0 Å². The summed E-state index contributed by atoms with van der Waals surface area (Å²) < 4.78 is 1.90. The Morgan fingerprint density at radius 2 is 1.81 bits per heavy atom. The van der Waals surface area contributed by atoms with E-state index in [9.17, 15) is 0 Å². The number of aryl methyl sites for hydroxylation is 1. The Morgan fingerprint density at radius 3 is 2.62 bits per heavy atom. The van der Waals surface area contributed by atoms with Crippen LogP contribution in [0.15, 0.2) is 54.7 Å². The van der Waals surface area contributed by atoms with Gasteiger partial charge in [0, 0.05) is 11.8 Å². The van der Waals surface area contributed by atoms with Gasteiger partial charge in [0.15, 0.2) is 0 Å². The minimum absolute atomic E-state index is 1.05. The molecule has 0 atom stereocenters. The summed E-state index contributed by atoms with van der Waals surface area (Å²) in [6.07, 6.45) is 1.97. The summed E-state index contributed by atoms with van der Waals surface area (Å²) in [5.41, 5.74) is 4.60. The van der Waals surface area contributed by atoms with Crippen LogP contribution in [0, 0.1) is 6.92 Å². The third-order valence-electron chi connectivity index (χ3n) is 2.78. The van der Waals surface area contributed by atoms with Gasteiger partial charge in [-0.05, 0) is 30.7 Å². The molecule has 0 amide bonds. The second-order valence-corrected chi connectivity index (χ2v) is 3.89. The third kappa shape index (κ3) is 1.39. The molecule has 78 valence electrons. The molecule has 0 aliphatic heterocycles. The highest BCUT2D eigenvalue weighted by molar-refractivity contribution is 5.70. The average Bonchev–Trinajstić information content (AvgIpc) is 2.76. The van der Waals surface area contributed by atoms with Crippen LogP contribution in [-0.4, -0.2) is 9.61 Å². The molecule has 0 aliphatic rings. The molecule has 0 fully saturated rings. The molecule has 0 saturated heterocycles. The standard InChI is InChI=1S/C14H12N2/c1-11-14(12-6-3-2-4-7-12)10-13-8-5-9-16(13)15-11/h2-10H,1H3. The number of nitrogens with zero attached hydrogens (tertiary/aromatic N) is 2. The summed E-state index contributed by atoms with van der Waals surface area (Å²) in [4.78, 5) is 0. The van der Waals surface area contributed by atoms with E-state index < -0.39 is 0 Å². The molecule has 0 aliphatic carbocycles. The van der Waals surface area contributed by atoms with Crippen LogP contribution in [0.1, 0.15) is 5.69 Å². The van der Waals surface area contributed by atoms with Crippen molar-refractivity contribution in [3.8, 4) is 11.1 Å². The van der Waals surface area contributed by atoms with Gasteiger partial charge in [-0.3, -0.25) is 0 Å². The van der Waals surface area contributed by atoms with E-state index in [0.717, 1.165) is 11.2 Å². The van der Waals surface area contributed by atoms with Crippen LogP contribution < -0.4 is 0 Å². The number of hydrogen-bond acceptors (Lipinski definition) is 1. The van der Waals surface area contributed by atoms with E-state index in [0.29, 0.717) is 0 Å². The van der Waals surface area contributed by atoms with E-state index in [-0.39, 0.29) is 0 Å². The number of benzene rings is 1. The van der Waals surface area contributed by atoms with Gasteiger partial charge in [0.2, 0.25) is 0 Å². The van der Waals surface area contributed by atoms with Crippen molar-refractivity contribution >= 4 is 5.52 Å². The molecule has 0 N–H and O–H groups in total. The SMILES string of the molecule is Cc1nn2cccc2cc1-c1ccccc1. The van der Waals surface area contributed by atoms with Gasteiger partial charge >= 0.3 is 0 Å². The maximum atomic E-state index is 4.53. The molecular formula is C14H12N2. The van der Waals surface area contributed by atoms with Crippen LogP contribution in [0.3, 0.4) is 0 Å². The predicted octanol–water partition coefficient (Wildman–Crippen LogP) is 3.31. The first-order chi connectivity index (χ1) is 7.84. The summed E-state index contributed by atoms with van der Waals surface area (Å²) in [7, 11) is 0. The highest BCUT2D eigenvalue weighted by Gasteiger charge is 2.04. The van der Waals surface area contributed by atoms with Crippen molar-refractivity contribution in [2.75, 3.05) is 0 Å². The predicted molar refractivity (Wildman–Crippen MR) is 65.4 cm³/mol. The van der Waals surface area contributed by atoms with Crippen molar-refractivity contribution in [3.05, 3.63) is 60.4 Å². The maximum absolute atomic E-state index is 4.53. The molecule has 16 heavy (non-hydrogen) atoms. The topological polar surface area (TPSA) is 17.3 Å². The van der Waals surface area contributed by atoms with E-state index >= 15 is 0 Å².